The first-order valence-corrected chi connectivity index (χ1v) is 8.39. The summed E-state index contributed by atoms with van der Waals surface area (Å²) >= 11 is 0. The van der Waals surface area contributed by atoms with Gasteiger partial charge in [0.2, 0.25) is 11.8 Å². The molecule has 0 aliphatic carbocycles. The Hall–Kier alpha value is -2.44. The molecule has 2 heterocycles. The number of anilines is 2. The summed E-state index contributed by atoms with van der Waals surface area (Å²) in [6, 6.07) is 4.66. The SMILES string of the molecule is C[C@@H]1CC(=O)N(c2ccc(N3CCCCCC3)c([N+](=O)[O-])c2)C1=O. The summed E-state index contributed by atoms with van der Waals surface area (Å²) in [5, 5.41) is 11.5. The predicted octanol–water partition coefficient (Wildman–Crippen LogP) is 2.87. The first kappa shape index (κ1) is 16.4. The van der Waals surface area contributed by atoms with Crippen molar-refractivity contribution < 1.29 is 14.5 Å². The van der Waals surface area contributed by atoms with Crippen LogP contribution >= 0.6 is 0 Å². The van der Waals surface area contributed by atoms with Crippen LogP contribution in [-0.4, -0.2) is 29.8 Å². The summed E-state index contributed by atoms with van der Waals surface area (Å²) in [5.74, 6) is -0.969. The third-order valence-electron chi connectivity index (χ3n) is 4.73. The lowest BCUT2D eigenvalue weighted by Crippen LogP contribution is -2.30. The number of imide groups is 1. The molecule has 7 heteroatoms. The van der Waals surface area contributed by atoms with E-state index in [4.69, 9.17) is 0 Å². The summed E-state index contributed by atoms with van der Waals surface area (Å²) in [7, 11) is 0. The molecule has 1 atom stereocenters. The topological polar surface area (TPSA) is 83.8 Å². The number of carbonyl (C=O) groups excluding carboxylic acids is 2. The molecule has 0 aromatic heterocycles. The largest absolute Gasteiger partial charge is 0.366 e. The van der Waals surface area contributed by atoms with E-state index < -0.39 is 4.92 Å². The van der Waals surface area contributed by atoms with Gasteiger partial charge >= 0.3 is 0 Å². The zero-order valence-corrected chi connectivity index (χ0v) is 13.7. The zero-order chi connectivity index (χ0) is 17.3. The minimum Gasteiger partial charge on any atom is -0.366 e. The molecule has 24 heavy (non-hydrogen) atoms. The van der Waals surface area contributed by atoms with Gasteiger partial charge in [0, 0.05) is 31.5 Å². The maximum atomic E-state index is 12.2. The average molecular weight is 331 g/mol. The van der Waals surface area contributed by atoms with E-state index in [2.05, 4.69) is 0 Å². The number of nitro groups is 1. The molecular formula is C17H21N3O4. The van der Waals surface area contributed by atoms with E-state index in [-0.39, 0.29) is 29.8 Å². The monoisotopic (exact) mass is 331 g/mol. The van der Waals surface area contributed by atoms with Gasteiger partial charge in [0.15, 0.2) is 0 Å². The fraction of sp³-hybridized carbons (Fsp3) is 0.529. The van der Waals surface area contributed by atoms with Gasteiger partial charge in [0.25, 0.3) is 5.69 Å². The molecule has 2 aliphatic heterocycles. The highest BCUT2D eigenvalue weighted by atomic mass is 16.6. The Morgan fingerprint density at radius 3 is 2.33 bits per heavy atom. The Bertz CT molecular complexity index is 680. The minimum atomic E-state index is -0.432. The fourth-order valence-electron chi connectivity index (χ4n) is 3.43. The molecule has 0 spiro atoms. The van der Waals surface area contributed by atoms with Gasteiger partial charge in [-0.25, -0.2) is 0 Å². The highest BCUT2D eigenvalue weighted by Gasteiger charge is 2.37. The van der Waals surface area contributed by atoms with E-state index in [0.29, 0.717) is 11.4 Å². The number of benzene rings is 1. The third-order valence-corrected chi connectivity index (χ3v) is 4.73. The number of nitro benzene ring substituents is 1. The second-order valence-electron chi connectivity index (χ2n) is 6.50. The van der Waals surface area contributed by atoms with Crippen LogP contribution in [0.15, 0.2) is 18.2 Å². The van der Waals surface area contributed by atoms with Gasteiger partial charge in [0.1, 0.15) is 5.69 Å². The van der Waals surface area contributed by atoms with Gasteiger partial charge in [-0.1, -0.05) is 19.8 Å². The van der Waals surface area contributed by atoms with E-state index in [1.165, 1.54) is 6.07 Å². The number of carbonyl (C=O) groups is 2. The second-order valence-corrected chi connectivity index (χ2v) is 6.50. The number of nitrogens with zero attached hydrogens (tertiary/aromatic N) is 3. The Kier molecular flexibility index (Phi) is 4.51. The van der Waals surface area contributed by atoms with Gasteiger partial charge in [-0.3, -0.25) is 24.6 Å². The van der Waals surface area contributed by atoms with Gasteiger partial charge in [-0.2, -0.15) is 0 Å². The first-order chi connectivity index (χ1) is 11.5. The van der Waals surface area contributed by atoms with Crippen LogP contribution in [0.1, 0.15) is 39.0 Å². The lowest BCUT2D eigenvalue weighted by atomic mass is 10.1. The van der Waals surface area contributed by atoms with Gasteiger partial charge in [-0.15, -0.1) is 0 Å². The predicted molar refractivity (Wildman–Crippen MR) is 90.1 cm³/mol. The minimum absolute atomic E-state index is 0.0467. The molecule has 0 radical (unpaired) electrons. The molecule has 0 bridgehead atoms. The molecule has 7 nitrogen and oxygen atoms in total. The summed E-state index contributed by atoms with van der Waals surface area (Å²) < 4.78 is 0. The van der Waals surface area contributed by atoms with Crippen molar-refractivity contribution >= 4 is 28.9 Å². The molecule has 2 aliphatic rings. The molecule has 0 unspecified atom stereocenters. The molecule has 1 aromatic carbocycles. The van der Waals surface area contributed by atoms with Crippen molar-refractivity contribution in [3.05, 3.63) is 28.3 Å². The first-order valence-electron chi connectivity index (χ1n) is 8.39. The van der Waals surface area contributed by atoms with Crippen LogP contribution in [0.3, 0.4) is 0 Å². The van der Waals surface area contributed by atoms with Crippen LogP contribution in [0.4, 0.5) is 17.1 Å². The van der Waals surface area contributed by atoms with Crippen molar-refractivity contribution in [3.63, 3.8) is 0 Å². The Morgan fingerprint density at radius 2 is 1.79 bits per heavy atom. The molecule has 2 amide bonds. The molecule has 1 aromatic rings. The lowest BCUT2D eigenvalue weighted by Gasteiger charge is -2.23. The highest BCUT2D eigenvalue weighted by molar-refractivity contribution is 6.21. The van der Waals surface area contributed by atoms with E-state index in [1.807, 2.05) is 4.90 Å². The van der Waals surface area contributed by atoms with E-state index >= 15 is 0 Å². The van der Waals surface area contributed by atoms with Crippen LogP contribution in [0, 0.1) is 16.0 Å². The van der Waals surface area contributed by atoms with E-state index in [1.54, 1.807) is 19.1 Å². The number of hydrogen-bond acceptors (Lipinski definition) is 5. The molecule has 2 fully saturated rings. The van der Waals surface area contributed by atoms with Crippen molar-refractivity contribution in [2.45, 2.75) is 39.0 Å². The molecule has 2 saturated heterocycles. The van der Waals surface area contributed by atoms with Crippen LogP contribution in [0.25, 0.3) is 0 Å². The van der Waals surface area contributed by atoms with Crippen molar-refractivity contribution in [1.82, 2.24) is 0 Å². The molecule has 0 saturated carbocycles. The summed E-state index contributed by atoms with van der Waals surface area (Å²) in [5.41, 5.74) is 0.812. The average Bonchev–Trinajstić information content (AvgIpc) is 2.76. The van der Waals surface area contributed by atoms with Crippen molar-refractivity contribution in [3.8, 4) is 0 Å². The van der Waals surface area contributed by atoms with Crippen LogP contribution in [0.5, 0.6) is 0 Å². The second kappa shape index (κ2) is 6.59. The molecule has 0 N–H and O–H groups in total. The Balaban J connectivity index is 1.97. The quantitative estimate of drug-likeness (QED) is 0.483. The zero-order valence-electron chi connectivity index (χ0n) is 13.7. The molecule has 128 valence electrons. The van der Waals surface area contributed by atoms with Crippen molar-refractivity contribution in [2.24, 2.45) is 5.92 Å². The highest BCUT2D eigenvalue weighted by Crippen LogP contribution is 2.36. The standard InChI is InChI=1S/C17H21N3O4/c1-12-10-16(21)19(17(12)22)13-6-7-14(15(11-13)20(23)24)18-8-4-2-3-5-9-18/h6-7,11-12H,2-5,8-10H2,1H3/t12-/m1/s1. The Labute approximate surface area is 140 Å². The van der Waals surface area contributed by atoms with E-state index in [9.17, 15) is 19.7 Å². The van der Waals surface area contributed by atoms with Gasteiger partial charge < -0.3 is 4.90 Å². The van der Waals surface area contributed by atoms with E-state index in [0.717, 1.165) is 43.7 Å². The van der Waals surface area contributed by atoms with Crippen LogP contribution in [0.2, 0.25) is 0 Å². The summed E-state index contributed by atoms with van der Waals surface area (Å²) in [4.78, 5) is 38.4. The maximum Gasteiger partial charge on any atom is 0.294 e. The normalized spacial score (nSPS) is 22.0. The summed E-state index contributed by atoms with van der Waals surface area (Å²) in [6.45, 7) is 3.28. The van der Waals surface area contributed by atoms with Gasteiger partial charge in [0.05, 0.1) is 10.6 Å². The molecule has 3 rings (SSSR count). The fourth-order valence-corrected chi connectivity index (χ4v) is 3.43. The summed E-state index contributed by atoms with van der Waals surface area (Å²) in [6.07, 6.45) is 4.45. The molecular weight excluding hydrogens is 310 g/mol. The maximum absolute atomic E-state index is 12.2. The van der Waals surface area contributed by atoms with Crippen LogP contribution < -0.4 is 9.80 Å². The van der Waals surface area contributed by atoms with Crippen molar-refractivity contribution in [1.29, 1.82) is 0 Å². The number of rotatable bonds is 3. The third kappa shape index (κ3) is 2.98. The Morgan fingerprint density at radius 1 is 1.12 bits per heavy atom. The smallest absolute Gasteiger partial charge is 0.294 e. The number of hydrogen-bond donors (Lipinski definition) is 0. The van der Waals surface area contributed by atoms with Crippen molar-refractivity contribution in [2.75, 3.05) is 22.9 Å². The lowest BCUT2D eigenvalue weighted by molar-refractivity contribution is -0.384. The van der Waals surface area contributed by atoms with Gasteiger partial charge in [-0.05, 0) is 25.0 Å². The number of amides is 2. The van der Waals surface area contributed by atoms with Crippen LogP contribution in [-0.2, 0) is 9.59 Å².